The molecule has 1 N–H and O–H groups in total. The molecule has 0 bridgehead atoms. The molecular weight excluding hydrogens is 390 g/mol. The Bertz CT molecular complexity index is 1190. The molecule has 0 unspecified atom stereocenters. The van der Waals surface area contributed by atoms with Crippen LogP contribution < -0.4 is 15.0 Å². The SMILES string of the molecule is Cc1nc(Oc2ccc(NC(=O)c3cccc(N(C)C)c3)cc2)cc(-n2cccc2)n1. The number of aromatic nitrogens is 3. The predicted octanol–water partition coefficient (Wildman–Crippen LogP) is 4.69. The van der Waals surface area contributed by atoms with Crippen LogP contribution in [-0.4, -0.2) is 34.5 Å². The van der Waals surface area contributed by atoms with E-state index in [0.29, 0.717) is 28.7 Å². The Labute approximate surface area is 181 Å². The number of hydrogen-bond donors (Lipinski definition) is 1. The Balaban J connectivity index is 1.45. The highest BCUT2D eigenvalue weighted by atomic mass is 16.5. The molecule has 0 saturated carbocycles. The molecule has 0 aliphatic rings. The Hall–Kier alpha value is -4.13. The highest BCUT2D eigenvalue weighted by Gasteiger charge is 2.09. The van der Waals surface area contributed by atoms with Gasteiger partial charge >= 0.3 is 0 Å². The van der Waals surface area contributed by atoms with E-state index < -0.39 is 0 Å². The number of ether oxygens (including phenoxy) is 1. The van der Waals surface area contributed by atoms with Gasteiger partial charge in [-0.05, 0) is 61.5 Å². The summed E-state index contributed by atoms with van der Waals surface area (Å²) in [6.07, 6.45) is 3.83. The summed E-state index contributed by atoms with van der Waals surface area (Å²) in [5, 5.41) is 2.91. The minimum Gasteiger partial charge on any atom is -0.439 e. The normalized spacial score (nSPS) is 10.5. The van der Waals surface area contributed by atoms with E-state index in [1.807, 2.05) is 73.2 Å². The van der Waals surface area contributed by atoms with Gasteiger partial charge in [0.05, 0.1) is 0 Å². The van der Waals surface area contributed by atoms with Crippen LogP contribution in [0.5, 0.6) is 11.6 Å². The fourth-order valence-electron chi connectivity index (χ4n) is 3.05. The van der Waals surface area contributed by atoms with Gasteiger partial charge in [-0.15, -0.1) is 0 Å². The fourth-order valence-corrected chi connectivity index (χ4v) is 3.05. The van der Waals surface area contributed by atoms with Crippen molar-refractivity contribution >= 4 is 17.3 Å². The number of benzene rings is 2. The van der Waals surface area contributed by atoms with Gasteiger partial charge in [0, 0.05) is 49.5 Å². The molecule has 2 aromatic carbocycles. The minimum atomic E-state index is -0.167. The second-order valence-electron chi connectivity index (χ2n) is 7.23. The first-order chi connectivity index (χ1) is 15.0. The summed E-state index contributed by atoms with van der Waals surface area (Å²) in [5.74, 6) is 2.25. The third kappa shape index (κ3) is 4.90. The maximum atomic E-state index is 12.6. The molecule has 0 aliphatic carbocycles. The number of carbonyl (C=O) groups excluding carboxylic acids is 1. The van der Waals surface area contributed by atoms with Crippen molar-refractivity contribution in [2.24, 2.45) is 0 Å². The minimum absolute atomic E-state index is 0.167. The molecule has 0 aliphatic heterocycles. The first-order valence-electron chi connectivity index (χ1n) is 9.83. The summed E-state index contributed by atoms with van der Waals surface area (Å²) >= 11 is 0. The van der Waals surface area contributed by atoms with Crippen molar-refractivity contribution < 1.29 is 9.53 Å². The molecule has 7 heteroatoms. The number of nitrogens with one attached hydrogen (secondary N) is 1. The first kappa shape index (κ1) is 20.2. The highest BCUT2D eigenvalue weighted by molar-refractivity contribution is 6.04. The lowest BCUT2D eigenvalue weighted by Gasteiger charge is -2.13. The third-order valence-corrected chi connectivity index (χ3v) is 4.63. The Morgan fingerprint density at radius 3 is 2.42 bits per heavy atom. The zero-order valence-electron chi connectivity index (χ0n) is 17.6. The van der Waals surface area contributed by atoms with Gasteiger partial charge in [0.15, 0.2) is 0 Å². The van der Waals surface area contributed by atoms with E-state index in [9.17, 15) is 4.79 Å². The lowest BCUT2D eigenvalue weighted by Crippen LogP contribution is -2.14. The smallest absolute Gasteiger partial charge is 0.255 e. The number of anilines is 2. The van der Waals surface area contributed by atoms with Crippen molar-refractivity contribution in [2.75, 3.05) is 24.3 Å². The average Bonchev–Trinajstić information content (AvgIpc) is 3.30. The number of carbonyl (C=O) groups is 1. The summed E-state index contributed by atoms with van der Waals surface area (Å²) < 4.78 is 7.80. The molecule has 0 radical (unpaired) electrons. The molecule has 2 aromatic heterocycles. The van der Waals surface area contributed by atoms with Crippen LogP contribution in [0.1, 0.15) is 16.2 Å². The third-order valence-electron chi connectivity index (χ3n) is 4.63. The number of hydrogen-bond acceptors (Lipinski definition) is 5. The van der Waals surface area contributed by atoms with Crippen LogP contribution in [0.4, 0.5) is 11.4 Å². The van der Waals surface area contributed by atoms with E-state index in [-0.39, 0.29) is 5.91 Å². The molecule has 2 heterocycles. The number of amides is 1. The maximum absolute atomic E-state index is 12.6. The van der Waals surface area contributed by atoms with Crippen LogP contribution >= 0.6 is 0 Å². The molecule has 0 spiro atoms. The van der Waals surface area contributed by atoms with Crippen molar-refractivity contribution in [3.63, 3.8) is 0 Å². The van der Waals surface area contributed by atoms with Crippen LogP contribution in [-0.2, 0) is 0 Å². The van der Waals surface area contributed by atoms with Crippen molar-refractivity contribution in [3.8, 4) is 17.4 Å². The van der Waals surface area contributed by atoms with Gasteiger partial charge in [0.25, 0.3) is 5.91 Å². The molecular formula is C24H23N5O2. The molecule has 4 aromatic rings. The maximum Gasteiger partial charge on any atom is 0.255 e. The van der Waals surface area contributed by atoms with Crippen molar-refractivity contribution in [2.45, 2.75) is 6.92 Å². The van der Waals surface area contributed by atoms with Gasteiger partial charge < -0.3 is 19.5 Å². The van der Waals surface area contributed by atoms with E-state index in [2.05, 4.69) is 15.3 Å². The topological polar surface area (TPSA) is 72.3 Å². The summed E-state index contributed by atoms with van der Waals surface area (Å²) in [6.45, 7) is 1.82. The van der Waals surface area contributed by atoms with Gasteiger partial charge in [-0.1, -0.05) is 6.07 Å². The fraction of sp³-hybridized carbons (Fsp3) is 0.125. The monoisotopic (exact) mass is 413 g/mol. The van der Waals surface area contributed by atoms with Gasteiger partial charge in [-0.2, -0.15) is 4.98 Å². The van der Waals surface area contributed by atoms with Crippen molar-refractivity contribution in [1.29, 1.82) is 0 Å². The molecule has 0 atom stereocenters. The van der Waals surface area contributed by atoms with Crippen molar-refractivity contribution in [3.05, 3.63) is 90.5 Å². The summed E-state index contributed by atoms with van der Waals surface area (Å²) in [4.78, 5) is 23.3. The second-order valence-corrected chi connectivity index (χ2v) is 7.23. The molecule has 4 rings (SSSR count). The molecule has 7 nitrogen and oxygen atoms in total. The van der Waals surface area contributed by atoms with Gasteiger partial charge in [0.2, 0.25) is 5.88 Å². The summed E-state index contributed by atoms with van der Waals surface area (Å²) in [6, 6.07) is 20.3. The number of rotatable bonds is 6. The average molecular weight is 413 g/mol. The van der Waals surface area contributed by atoms with Crippen LogP contribution in [0.3, 0.4) is 0 Å². The van der Waals surface area contributed by atoms with Crippen LogP contribution in [0.15, 0.2) is 79.1 Å². The molecule has 31 heavy (non-hydrogen) atoms. The molecule has 156 valence electrons. The largest absolute Gasteiger partial charge is 0.439 e. The van der Waals surface area contributed by atoms with Gasteiger partial charge in [0.1, 0.15) is 17.4 Å². The zero-order valence-corrected chi connectivity index (χ0v) is 17.6. The molecule has 1 amide bonds. The van der Waals surface area contributed by atoms with Gasteiger partial charge in [-0.3, -0.25) is 4.79 Å². The standard InChI is InChI=1S/C24H23N5O2/c1-17-25-22(29-13-4-5-14-29)16-23(26-17)31-21-11-9-19(10-12-21)27-24(30)18-7-6-8-20(15-18)28(2)3/h4-16H,1-3H3,(H,27,30). The van der Waals surface area contributed by atoms with E-state index in [0.717, 1.165) is 11.5 Å². The van der Waals surface area contributed by atoms with Crippen LogP contribution in [0, 0.1) is 6.92 Å². The van der Waals surface area contributed by atoms with Crippen LogP contribution in [0.2, 0.25) is 0 Å². The molecule has 0 fully saturated rings. The lowest BCUT2D eigenvalue weighted by molar-refractivity contribution is 0.102. The lowest BCUT2D eigenvalue weighted by atomic mass is 10.1. The predicted molar refractivity (Wildman–Crippen MR) is 121 cm³/mol. The Kier molecular flexibility index (Phi) is 5.66. The van der Waals surface area contributed by atoms with Crippen LogP contribution in [0.25, 0.3) is 5.82 Å². The second kappa shape index (κ2) is 8.71. The highest BCUT2D eigenvalue weighted by Crippen LogP contribution is 2.24. The number of nitrogens with zero attached hydrogens (tertiary/aromatic N) is 4. The van der Waals surface area contributed by atoms with E-state index in [1.165, 1.54) is 0 Å². The summed E-state index contributed by atoms with van der Waals surface area (Å²) in [7, 11) is 3.88. The van der Waals surface area contributed by atoms with E-state index >= 15 is 0 Å². The van der Waals surface area contributed by atoms with E-state index in [1.54, 1.807) is 36.4 Å². The quantitative estimate of drug-likeness (QED) is 0.497. The van der Waals surface area contributed by atoms with E-state index in [4.69, 9.17) is 4.74 Å². The number of aryl methyl sites for hydroxylation is 1. The Morgan fingerprint density at radius 1 is 0.968 bits per heavy atom. The zero-order chi connectivity index (χ0) is 21.8. The Morgan fingerprint density at radius 2 is 1.71 bits per heavy atom. The van der Waals surface area contributed by atoms with Gasteiger partial charge in [-0.25, -0.2) is 4.98 Å². The first-order valence-corrected chi connectivity index (χ1v) is 9.83. The van der Waals surface area contributed by atoms with Crippen molar-refractivity contribution in [1.82, 2.24) is 14.5 Å². The molecule has 0 saturated heterocycles. The summed E-state index contributed by atoms with van der Waals surface area (Å²) in [5.41, 5.74) is 2.25.